The molecule has 4 atom stereocenters. The topological polar surface area (TPSA) is 171 Å². The number of carbonyl (C=O) groups is 4. The third-order valence-electron chi connectivity index (χ3n) is 5.45. The predicted molar refractivity (Wildman–Crippen MR) is 144 cm³/mol. The summed E-state index contributed by atoms with van der Waals surface area (Å²) in [5, 5.41) is 26.9. The smallest absolute Gasteiger partial charge is 0.326 e. The minimum Gasteiger partial charge on any atom is -0.508 e. The second-order valence-electron chi connectivity index (χ2n) is 8.73. The molecule has 10 nitrogen and oxygen atoms in total. The van der Waals surface area contributed by atoms with Gasteiger partial charge in [-0.15, -0.1) is 0 Å². The predicted octanol–water partition coefficient (Wildman–Crippen LogP) is 0.963. The van der Waals surface area contributed by atoms with E-state index >= 15 is 0 Å². The minimum absolute atomic E-state index is 0.000451. The van der Waals surface area contributed by atoms with Crippen LogP contribution in [0.25, 0.3) is 0 Å². The third-order valence-corrected chi connectivity index (χ3v) is 6.74. The number of hydrogen-bond acceptors (Lipinski definition) is 8. The van der Waals surface area contributed by atoms with Gasteiger partial charge in [0, 0.05) is 6.42 Å². The van der Waals surface area contributed by atoms with Crippen LogP contribution >= 0.6 is 23.5 Å². The fourth-order valence-electron chi connectivity index (χ4n) is 3.28. The van der Waals surface area contributed by atoms with Crippen LogP contribution in [0.15, 0.2) is 24.3 Å². The van der Waals surface area contributed by atoms with Crippen molar-refractivity contribution >= 4 is 47.2 Å². The van der Waals surface area contributed by atoms with E-state index in [0.29, 0.717) is 29.9 Å². The minimum atomic E-state index is -1.23. The second-order valence-corrected chi connectivity index (χ2v) is 10.7. The van der Waals surface area contributed by atoms with Crippen LogP contribution in [0.3, 0.4) is 0 Å². The van der Waals surface area contributed by atoms with Gasteiger partial charge in [-0.25, -0.2) is 4.79 Å². The highest BCUT2D eigenvalue weighted by Crippen LogP contribution is 2.12. The molecular formula is C24H38N4O6S2. The van der Waals surface area contributed by atoms with Gasteiger partial charge in [0.05, 0.1) is 6.04 Å². The van der Waals surface area contributed by atoms with Crippen molar-refractivity contribution in [3.8, 4) is 5.75 Å². The van der Waals surface area contributed by atoms with Crippen molar-refractivity contribution < 1.29 is 29.4 Å². The Bertz CT molecular complexity index is 869. The van der Waals surface area contributed by atoms with Gasteiger partial charge in [-0.2, -0.15) is 23.5 Å². The lowest BCUT2D eigenvalue weighted by molar-refractivity contribution is -0.142. The molecule has 1 rings (SSSR count). The zero-order valence-electron chi connectivity index (χ0n) is 21.2. The summed E-state index contributed by atoms with van der Waals surface area (Å²) in [7, 11) is 0. The lowest BCUT2D eigenvalue weighted by Crippen LogP contribution is -2.58. The summed E-state index contributed by atoms with van der Waals surface area (Å²) < 4.78 is 0. The lowest BCUT2D eigenvalue weighted by Gasteiger charge is -2.27. The molecule has 1 aromatic carbocycles. The maximum absolute atomic E-state index is 13.1. The molecule has 0 aliphatic heterocycles. The van der Waals surface area contributed by atoms with Gasteiger partial charge >= 0.3 is 5.97 Å². The molecule has 0 radical (unpaired) electrons. The Kier molecular flexibility index (Phi) is 14.3. The molecule has 0 fully saturated rings. The molecule has 0 saturated carbocycles. The van der Waals surface area contributed by atoms with Crippen molar-refractivity contribution in [1.82, 2.24) is 16.0 Å². The summed E-state index contributed by atoms with van der Waals surface area (Å²) >= 11 is 3.08. The largest absolute Gasteiger partial charge is 0.508 e. The number of benzene rings is 1. The Morgan fingerprint density at radius 3 is 1.94 bits per heavy atom. The van der Waals surface area contributed by atoms with Crippen molar-refractivity contribution in [2.24, 2.45) is 11.7 Å². The zero-order valence-corrected chi connectivity index (χ0v) is 22.8. The summed E-state index contributed by atoms with van der Waals surface area (Å²) in [5.74, 6) is -1.83. The van der Waals surface area contributed by atoms with E-state index in [9.17, 15) is 29.4 Å². The van der Waals surface area contributed by atoms with E-state index in [-0.39, 0.29) is 18.1 Å². The summed E-state index contributed by atoms with van der Waals surface area (Å²) in [6.07, 6.45) is 4.61. The standard InChI is InChI=1S/C24H38N4O6S2/c1-14(2)20(23(32)27-19(24(33)34)13-15-5-7-16(29)8-6-15)28-22(31)18(10-12-36-4)26-21(30)17(25)9-11-35-3/h5-8,14,17-20,29H,9-13,25H2,1-4H3,(H,26,30)(H,27,32)(H,28,31)(H,33,34). The van der Waals surface area contributed by atoms with E-state index < -0.39 is 47.9 Å². The molecule has 0 aliphatic carbocycles. The second kappa shape index (κ2) is 16.3. The fraction of sp³-hybridized carbons (Fsp3) is 0.583. The lowest BCUT2D eigenvalue weighted by atomic mass is 10.0. The fourth-order valence-corrected chi connectivity index (χ4v) is 4.24. The number of amides is 3. The Labute approximate surface area is 220 Å². The number of nitrogens with two attached hydrogens (primary N) is 1. The molecule has 3 amide bonds. The van der Waals surface area contributed by atoms with Crippen molar-refractivity contribution in [3.63, 3.8) is 0 Å². The molecule has 4 unspecified atom stereocenters. The highest BCUT2D eigenvalue weighted by molar-refractivity contribution is 7.98. The van der Waals surface area contributed by atoms with E-state index in [4.69, 9.17) is 5.73 Å². The number of rotatable bonds is 16. The Morgan fingerprint density at radius 1 is 0.861 bits per heavy atom. The first kappa shape index (κ1) is 31.6. The van der Waals surface area contributed by atoms with Crippen LogP contribution in [0, 0.1) is 5.92 Å². The highest BCUT2D eigenvalue weighted by Gasteiger charge is 2.31. The van der Waals surface area contributed by atoms with Crippen LogP contribution in [-0.4, -0.2) is 82.1 Å². The molecule has 0 spiro atoms. The average molecular weight is 543 g/mol. The number of aromatic hydroxyl groups is 1. The van der Waals surface area contributed by atoms with Gasteiger partial charge in [-0.1, -0.05) is 26.0 Å². The van der Waals surface area contributed by atoms with Gasteiger partial charge in [0.25, 0.3) is 0 Å². The normalized spacial score (nSPS) is 14.4. The third kappa shape index (κ3) is 11.1. The Morgan fingerprint density at radius 2 is 1.42 bits per heavy atom. The van der Waals surface area contributed by atoms with E-state index in [0.717, 1.165) is 0 Å². The number of carbonyl (C=O) groups excluding carboxylic acids is 3. The Balaban J connectivity index is 2.92. The molecule has 7 N–H and O–H groups in total. The number of phenols is 1. The van der Waals surface area contributed by atoms with Crippen molar-refractivity contribution in [2.45, 2.75) is 57.3 Å². The maximum atomic E-state index is 13.1. The number of carboxylic acids is 1. The number of hydrogen-bond donors (Lipinski definition) is 6. The average Bonchev–Trinajstić information content (AvgIpc) is 2.83. The van der Waals surface area contributed by atoms with Crippen molar-refractivity contribution in [3.05, 3.63) is 29.8 Å². The van der Waals surface area contributed by atoms with Gasteiger partial charge < -0.3 is 31.9 Å². The number of nitrogens with one attached hydrogen (secondary N) is 3. The van der Waals surface area contributed by atoms with E-state index in [1.165, 1.54) is 23.9 Å². The van der Waals surface area contributed by atoms with Crippen LogP contribution in [0.4, 0.5) is 0 Å². The number of carboxylic acid groups (broad SMARTS) is 1. The monoisotopic (exact) mass is 542 g/mol. The van der Waals surface area contributed by atoms with E-state index in [1.807, 2.05) is 12.5 Å². The molecule has 0 saturated heterocycles. The SMILES string of the molecule is CSCCC(N)C(=O)NC(CCSC)C(=O)NC(C(=O)NC(Cc1ccc(O)cc1)C(=O)O)C(C)C. The Hall–Kier alpha value is -2.44. The number of thioether (sulfide) groups is 2. The summed E-state index contributed by atoms with van der Waals surface area (Å²) in [6.45, 7) is 3.46. The first-order valence-corrected chi connectivity index (χ1v) is 14.4. The molecule has 1 aromatic rings. The quantitative estimate of drug-likeness (QED) is 0.178. The maximum Gasteiger partial charge on any atom is 0.326 e. The highest BCUT2D eigenvalue weighted by atomic mass is 32.2. The van der Waals surface area contributed by atoms with E-state index in [2.05, 4.69) is 16.0 Å². The van der Waals surface area contributed by atoms with Gasteiger partial charge in [0.15, 0.2) is 0 Å². The number of phenolic OH excluding ortho intramolecular Hbond substituents is 1. The molecule has 0 aromatic heterocycles. The first-order valence-electron chi connectivity index (χ1n) is 11.6. The summed E-state index contributed by atoms with van der Waals surface area (Å²) in [6, 6.07) is 2.13. The molecule has 0 bridgehead atoms. The van der Waals surface area contributed by atoms with Crippen LogP contribution < -0.4 is 21.7 Å². The van der Waals surface area contributed by atoms with Crippen molar-refractivity contribution in [2.75, 3.05) is 24.0 Å². The van der Waals surface area contributed by atoms with E-state index in [1.54, 1.807) is 37.7 Å². The molecule has 202 valence electrons. The first-order chi connectivity index (χ1) is 17.0. The summed E-state index contributed by atoms with van der Waals surface area (Å²) in [5.41, 5.74) is 6.55. The van der Waals surface area contributed by atoms with Gasteiger partial charge in [0.2, 0.25) is 17.7 Å². The molecule has 0 aliphatic rings. The van der Waals surface area contributed by atoms with Gasteiger partial charge in [-0.3, -0.25) is 14.4 Å². The van der Waals surface area contributed by atoms with Crippen LogP contribution in [0.2, 0.25) is 0 Å². The molecule has 0 heterocycles. The van der Waals surface area contributed by atoms with Gasteiger partial charge in [0.1, 0.15) is 23.9 Å². The van der Waals surface area contributed by atoms with Gasteiger partial charge in [-0.05, 0) is 60.5 Å². The van der Waals surface area contributed by atoms with Crippen LogP contribution in [-0.2, 0) is 25.6 Å². The molecule has 12 heteroatoms. The van der Waals surface area contributed by atoms with Crippen molar-refractivity contribution in [1.29, 1.82) is 0 Å². The molecule has 36 heavy (non-hydrogen) atoms. The summed E-state index contributed by atoms with van der Waals surface area (Å²) in [4.78, 5) is 50.4. The molecular weight excluding hydrogens is 504 g/mol. The number of aliphatic carboxylic acids is 1. The zero-order chi connectivity index (χ0) is 27.3. The van der Waals surface area contributed by atoms with Crippen LogP contribution in [0.5, 0.6) is 5.75 Å². The van der Waals surface area contributed by atoms with Crippen LogP contribution in [0.1, 0.15) is 32.3 Å².